The van der Waals surface area contributed by atoms with Gasteiger partial charge in [0, 0.05) is 17.0 Å². The molecule has 34 heavy (non-hydrogen) atoms. The molecule has 0 unspecified atom stereocenters. The molecule has 5 rings (SSSR count). The van der Waals surface area contributed by atoms with Crippen molar-refractivity contribution in [3.63, 3.8) is 0 Å². The highest BCUT2D eigenvalue weighted by Crippen LogP contribution is 2.34. The number of anilines is 1. The minimum absolute atomic E-state index is 0.0842. The van der Waals surface area contributed by atoms with Crippen LogP contribution in [0.5, 0.6) is 5.75 Å². The fourth-order valence-electron chi connectivity index (χ4n) is 4.20. The quantitative estimate of drug-likeness (QED) is 0.420. The fraction of sp³-hybridized carbons (Fsp3) is 0.154. The zero-order valence-electron chi connectivity index (χ0n) is 18.9. The molecule has 0 radical (unpaired) electrons. The third-order valence-corrected chi connectivity index (χ3v) is 5.72. The van der Waals surface area contributed by atoms with Gasteiger partial charge in [-0.05, 0) is 55.7 Å². The molecular formula is C26H24N6O2. The van der Waals surface area contributed by atoms with E-state index in [1.54, 1.807) is 12.1 Å². The summed E-state index contributed by atoms with van der Waals surface area (Å²) in [5.74, 6) is 0.287. The first-order chi connectivity index (χ1) is 16.4. The van der Waals surface area contributed by atoms with E-state index in [9.17, 15) is 9.90 Å². The number of aryl methyl sites for hydroxylation is 4. The summed E-state index contributed by atoms with van der Waals surface area (Å²) in [6.45, 7) is 4.23. The Kier molecular flexibility index (Phi) is 5.33. The van der Waals surface area contributed by atoms with Crippen molar-refractivity contribution >= 4 is 11.6 Å². The molecule has 0 fully saturated rings. The summed E-state index contributed by atoms with van der Waals surface area (Å²) in [6, 6.07) is 20.6. The molecule has 0 atom stereocenters. The number of phenolic OH excluding ortho intramolecular Hbond substituents is 1. The summed E-state index contributed by atoms with van der Waals surface area (Å²) in [4.78, 5) is 22.4. The van der Waals surface area contributed by atoms with Crippen LogP contribution >= 0.6 is 0 Å². The molecule has 0 aliphatic rings. The second kappa shape index (κ2) is 8.47. The summed E-state index contributed by atoms with van der Waals surface area (Å²) in [7, 11) is 0. The van der Waals surface area contributed by atoms with Gasteiger partial charge in [-0.15, -0.1) is 5.10 Å². The number of aromatic hydroxyl groups is 1. The first kappa shape index (κ1) is 21.4. The van der Waals surface area contributed by atoms with Gasteiger partial charge in [0.15, 0.2) is 5.65 Å². The van der Waals surface area contributed by atoms with Crippen LogP contribution < -0.4 is 11.4 Å². The van der Waals surface area contributed by atoms with Crippen molar-refractivity contribution in [2.45, 2.75) is 26.8 Å². The number of nitrogen functional groups attached to an aromatic ring is 1. The highest BCUT2D eigenvalue weighted by Gasteiger charge is 2.22. The molecule has 2 aromatic carbocycles. The number of rotatable bonds is 5. The summed E-state index contributed by atoms with van der Waals surface area (Å²) in [5, 5.41) is 14.2. The number of nitrogens with zero attached hydrogens (tertiary/aromatic N) is 5. The van der Waals surface area contributed by atoms with Crippen LogP contribution in [0.1, 0.15) is 17.0 Å². The zero-order valence-corrected chi connectivity index (χ0v) is 18.9. The van der Waals surface area contributed by atoms with Crippen LogP contribution in [-0.2, 0) is 13.0 Å². The molecule has 8 nitrogen and oxygen atoms in total. The number of hydrogen-bond donors (Lipinski definition) is 2. The molecule has 3 N–H and O–H groups in total. The van der Waals surface area contributed by atoms with Gasteiger partial charge in [-0.3, -0.25) is 4.98 Å². The van der Waals surface area contributed by atoms with Gasteiger partial charge < -0.3 is 10.8 Å². The monoisotopic (exact) mass is 452 g/mol. The highest BCUT2D eigenvalue weighted by atomic mass is 16.3. The summed E-state index contributed by atoms with van der Waals surface area (Å²) in [6.07, 6.45) is 0.575. The van der Waals surface area contributed by atoms with Gasteiger partial charge in [0.2, 0.25) is 5.95 Å². The molecular weight excluding hydrogens is 428 g/mol. The number of nitrogens with two attached hydrogens (primary N) is 1. The number of pyridine rings is 1. The van der Waals surface area contributed by atoms with Gasteiger partial charge in [-0.1, -0.05) is 42.5 Å². The Bertz CT molecular complexity index is 1530. The minimum Gasteiger partial charge on any atom is -0.508 e. The predicted molar refractivity (Wildman–Crippen MR) is 132 cm³/mol. The minimum atomic E-state index is -0.345. The Morgan fingerprint density at radius 3 is 2.26 bits per heavy atom. The zero-order chi connectivity index (χ0) is 23.8. The Balaban J connectivity index is 1.72. The van der Waals surface area contributed by atoms with Gasteiger partial charge in [-0.2, -0.15) is 0 Å². The number of benzene rings is 2. The van der Waals surface area contributed by atoms with E-state index < -0.39 is 0 Å². The normalized spacial score (nSPS) is 11.2. The SMILES string of the molecule is Cc1cc(-c2c(-c3ccccc3)nc(N)n3c(=O)n(CCc4ccc(O)cc4)nc23)cc(C)n1. The van der Waals surface area contributed by atoms with E-state index >= 15 is 0 Å². The molecule has 0 saturated heterocycles. The third kappa shape index (κ3) is 3.90. The van der Waals surface area contributed by atoms with E-state index in [0.717, 1.165) is 33.6 Å². The summed E-state index contributed by atoms with van der Waals surface area (Å²) in [5.41, 5.74) is 12.2. The molecule has 3 heterocycles. The Morgan fingerprint density at radius 2 is 1.59 bits per heavy atom. The van der Waals surface area contributed by atoms with E-state index in [1.807, 2.05) is 68.4 Å². The van der Waals surface area contributed by atoms with Gasteiger partial charge in [0.05, 0.1) is 17.8 Å². The fourth-order valence-corrected chi connectivity index (χ4v) is 4.20. The van der Waals surface area contributed by atoms with E-state index in [4.69, 9.17) is 10.8 Å². The van der Waals surface area contributed by atoms with E-state index in [-0.39, 0.29) is 17.4 Å². The van der Waals surface area contributed by atoms with Crippen molar-refractivity contribution in [2.24, 2.45) is 0 Å². The topological polar surface area (TPSA) is 111 Å². The lowest BCUT2D eigenvalue weighted by atomic mass is 9.99. The van der Waals surface area contributed by atoms with Crippen LogP contribution in [-0.4, -0.2) is 29.3 Å². The number of aromatic nitrogens is 5. The van der Waals surface area contributed by atoms with Crippen molar-refractivity contribution in [1.82, 2.24) is 24.1 Å². The molecule has 0 saturated carbocycles. The lowest BCUT2D eigenvalue weighted by Crippen LogP contribution is -2.24. The molecule has 0 spiro atoms. The molecule has 5 aromatic rings. The maximum Gasteiger partial charge on any atom is 0.353 e. The Hall–Kier alpha value is -4.46. The van der Waals surface area contributed by atoms with Crippen molar-refractivity contribution < 1.29 is 5.11 Å². The number of phenols is 1. The molecule has 0 bridgehead atoms. The standard InChI is InChI=1S/C26H24N6O2/c1-16-14-20(15-17(2)28-16)22-23(19-6-4-3-5-7-19)29-25(27)32-24(22)30-31(26(32)34)13-12-18-8-10-21(33)11-9-18/h3-11,14-15,33H,12-13H2,1-2H3,(H2,27,29). The predicted octanol–water partition coefficient (Wildman–Crippen LogP) is 3.77. The van der Waals surface area contributed by atoms with Crippen molar-refractivity contribution in [3.8, 4) is 28.1 Å². The van der Waals surface area contributed by atoms with Crippen LogP contribution in [0, 0.1) is 13.8 Å². The van der Waals surface area contributed by atoms with E-state index in [0.29, 0.717) is 24.3 Å². The lowest BCUT2D eigenvalue weighted by molar-refractivity contribution is 0.475. The largest absolute Gasteiger partial charge is 0.508 e. The molecule has 3 aromatic heterocycles. The molecule has 170 valence electrons. The first-order valence-electron chi connectivity index (χ1n) is 11.0. The van der Waals surface area contributed by atoms with Crippen LogP contribution in [0.2, 0.25) is 0 Å². The van der Waals surface area contributed by atoms with Gasteiger partial charge >= 0.3 is 5.69 Å². The number of hydrogen-bond acceptors (Lipinski definition) is 6. The van der Waals surface area contributed by atoms with E-state index in [2.05, 4.69) is 9.97 Å². The molecule has 0 amide bonds. The number of fused-ring (bicyclic) bond motifs is 1. The Labute approximate surface area is 196 Å². The van der Waals surface area contributed by atoms with Crippen LogP contribution in [0.4, 0.5) is 5.95 Å². The van der Waals surface area contributed by atoms with E-state index in [1.165, 1.54) is 9.08 Å². The third-order valence-electron chi connectivity index (χ3n) is 5.72. The maximum atomic E-state index is 13.3. The summed E-state index contributed by atoms with van der Waals surface area (Å²) >= 11 is 0. The van der Waals surface area contributed by atoms with Crippen molar-refractivity contribution in [3.05, 3.63) is 94.2 Å². The van der Waals surface area contributed by atoms with Gasteiger partial charge in [0.1, 0.15) is 5.75 Å². The second-order valence-electron chi connectivity index (χ2n) is 8.28. The molecule has 8 heteroatoms. The van der Waals surface area contributed by atoms with Crippen molar-refractivity contribution in [1.29, 1.82) is 0 Å². The Morgan fingerprint density at radius 1 is 0.912 bits per heavy atom. The van der Waals surface area contributed by atoms with Crippen molar-refractivity contribution in [2.75, 3.05) is 5.73 Å². The van der Waals surface area contributed by atoms with Gasteiger partial charge in [0.25, 0.3) is 0 Å². The molecule has 0 aliphatic heterocycles. The summed E-state index contributed by atoms with van der Waals surface area (Å²) < 4.78 is 2.78. The maximum absolute atomic E-state index is 13.3. The van der Waals surface area contributed by atoms with Crippen LogP contribution in [0.3, 0.4) is 0 Å². The van der Waals surface area contributed by atoms with Gasteiger partial charge in [-0.25, -0.2) is 18.9 Å². The average Bonchev–Trinajstić information content (AvgIpc) is 3.15. The lowest BCUT2D eigenvalue weighted by Gasteiger charge is -2.13. The van der Waals surface area contributed by atoms with Crippen LogP contribution in [0.25, 0.3) is 28.0 Å². The molecule has 0 aliphatic carbocycles. The first-order valence-corrected chi connectivity index (χ1v) is 11.0. The average molecular weight is 453 g/mol. The van der Waals surface area contributed by atoms with Crippen LogP contribution in [0.15, 0.2) is 71.5 Å². The highest BCUT2D eigenvalue weighted by molar-refractivity contribution is 5.90. The second-order valence-corrected chi connectivity index (χ2v) is 8.28. The smallest absolute Gasteiger partial charge is 0.353 e.